The lowest BCUT2D eigenvalue weighted by Crippen LogP contribution is -2.42. The Hall–Kier alpha value is -1.35. The number of hydrogen-bond donors (Lipinski definition) is 1. The summed E-state index contributed by atoms with van der Waals surface area (Å²) in [5.41, 5.74) is 6.35. The highest BCUT2D eigenvalue weighted by molar-refractivity contribution is 6.00. The lowest BCUT2D eigenvalue weighted by atomic mass is 9.83. The molecule has 0 radical (unpaired) electrons. The molecule has 1 aromatic carbocycles. The number of ketones is 1. The Labute approximate surface area is 109 Å². The maximum absolute atomic E-state index is 12.2. The zero-order valence-corrected chi connectivity index (χ0v) is 11.9. The predicted octanol–water partition coefficient (Wildman–Crippen LogP) is 3.03. The van der Waals surface area contributed by atoms with Crippen molar-refractivity contribution in [1.29, 1.82) is 0 Å². The van der Waals surface area contributed by atoms with Crippen LogP contribution >= 0.6 is 0 Å². The van der Waals surface area contributed by atoms with Crippen molar-refractivity contribution in [3.63, 3.8) is 0 Å². The molecule has 0 saturated carbocycles. The van der Waals surface area contributed by atoms with E-state index in [4.69, 9.17) is 10.5 Å². The van der Waals surface area contributed by atoms with Crippen LogP contribution in [0.4, 0.5) is 0 Å². The van der Waals surface area contributed by atoms with Gasteiger partial charge in [-0.25, -0.2) is 0 Å². The van der Waals surface area contributed by atoms with Crippen LogP contribution in [0.2, 0.25) is 0 Å². The summed E-state index contributed by atoms with van der Waals surface area (Å²) in [5, 5.41) is 0. The molecule has 0 aliphatic rings. The summed E-state index contributed by atoms with van der Waals surface area (Å²) < 4.78 is 5.58. The fourth-order valence-electron chi connectivity index (χ4n) is 1.57. The maximum Gasteiger partial charge on any atom is 0.180 e. The Morgan fingerprint density at radius 3 is 2.39 bits per heavy atom. The quantitative estimate of drug-likeness (QED) is 0.834. The van der Waals surface area contributed by atoms with Crippen molar-refractivity contribution in [3.8, 4) is 5.75 Å². The van der Waals surface area contributed by atoms with Crippen molar-refractivity contribution in [2.45, 2.75) is 46.8 Å². The Morgan fingerprint density at radius 2 is 1.89 bits per heavy atom. The fraction of sp³-hybridized carbons (Fsp3) is 0.533. The zero-order chi connectivity index (χ0) is 13.9. The predicted molar refractivity (Wildman–Crippen MR) is 74.0 cm³/mol. The van der Waals surface area contributed by atoms with Crippen molar-refractivity contribution < 1.29 is 9.53 Å². The van der Waals surface area contributed by atoms with Gasteiger partial charge < -0.3 is 10.5 Å². The summed E-state index contributed by atoms with van der Waals surface area (Å²) in [7, 11) is 0. The van der Waals surface area contributed by atoms with E-state index in [1.54, 1.807) is 12.1 Å². The van der Waals surface area contributed by atoms with Crippen LogP contribution in [-0.4, -0.2) is 17.9 Å². The van der Waals surface area contributed by atoms with E-state index in [-0.39, 0.29) is 17.3 Å². The van der Waals surface area contributed by atoms with Crippen molar-refractivity contribution in [1.82, 2.24) is 0 Å². The van der Waals surface area contributed by atoms with Gasteiger partial charge in [-0.3, -0.25) is 4.79 Å². The molecule has 1 unspecified atom stereocenters. The van der Waals surface area contributed by atoms with E-state index < -0.39 is 6.04 Å². The molecule has 18 heavy (non-hydrogen) atoms. The summed E-state index contributed by atoms with van der Waals surface area (Å²) >= 11 is 0. The number of benzene rings is 1. The van der Waals surface area contributed by atoms with Crippen LogP contribution in [0.3, 0.4) is 0 Å². The molecule has 3 nitrogen and oxygen atoms in total. The van der Waals surface area contributed by atoms with Crippen LogP contribution in [0.1, 0.15) is 45.0 Å². The van der Waals surface area contributed by atoms with Crippen LogP contribution in [0.25, 0.3) is 0 Å². The second kappa shape index (κ2) is 5.53. The third-order valence-electron chi connectivity index (χ3n) is 2.71. The normalized spacial score (nSPS) is 13.5. The first-order valence-corrected chi connectivity index (χ1v) is 6.28. The molecule has 3 heteroatoms. The van der Waals surface area contributed by atoms with Crippen molar-refractivity contribution in [2.24, 2.45) is 11.1 Å². The zero-order valence-electron chi connectivity index (χ0n) is 11.9. The Kier molecular flexibility index (Phi) is 4.52. The van der Waals surface area contributed by atoms with Crippen molar-refractivity contribution in [3.05, 3.63) is 29.8 Å². The number of Topliss-reactive ketones (excluding diaryl/α,β-unsaturated/α-hetero) is 1. The van der Waals surface area contributed by atoms with Gasteiger partial charge in [0.25, 0.3) is 0 Å². The summed E-state index contributed by atoms with van der Waals surface area (Å²) in [6.45, 7) is 9.79. The lowest BCUT2D eigenvalue weighted by molar-refractivity contribution is 0.0900. The van der Waals surface area contributed by atoms with Gasteiger partial charge in [0.1, 0.15) is 5.75 Å². The molecular weight excluding hydrogens is 226 g/mol. The maximum atomic E-state index is 12.2. The van der Waals surface area contributed by atoms with E-state index in [1.807, 2.05) is 46.8 Å². The van der Waals surface area contributed by atoms with Gasteiger partial charge in [0.2, 0.25) is 0 Å². The highest BCUT2D eigenvalue weighted by Crippen LogP contribution is 2.23. The topological polar surface area (TPSA) is 52.3 Å². The van der Waals surface area contributed by atoms with Crippen LogP contribution in [-0.2, 0) is 0 Å². The molecule has 0 bridgehead atoms. The molecule has 0 aliphatic heterocycles. The molecule has 0 aromatic heterocycles. The Balaban J connectivity index is 2.93. The average molecular weight is 249 g/mol. The molecule has 0 saturated heterocycles. The number of carbonyl (C=O) groups is 1. The minimum atomic E-state index is -0.508. The smallest absolute Gasteiger partial charge is 0.180 e. The van der Waals surface area contributed by atoms with E-state index in [0.717, 1.165) is 0 Å². The number of ether oxygens (including phenoxy) is 1. The summed E-state index contributed by atoms with van der Waals surface area (Å²) in [6, 6.07) is 6.70. The van der Waals surface area contributed by atoms with Gasteiger partial charge >= 0.3 is 0 Å². The minimum Gasteiger partial charge on any atom is -0.491 e. The van der Waals surface area contributed by atoms with Crippen LogP contribution in [0, 0.1) is 5.41 Å². The van der Waals surface area contributed by atoms with Crippen LogP contribution < -0.4 is 10.5 Å². The highest BCUT2D eigenvalue weighted by Gasteiger charge is 2.28. The third kappa shape index (κ3) is 3.84. The molecule has 1 rings (SSSR count). The van der Waals surface area contributed by atoms with E-state index in [1.165, 1.54) is 0 Å². The number of rotatable bonds is 4. The lowest BCUT2D eigenvalue weighted by Gasteiger charge is -2.25. The molecular formula is C15H23NO2. The van der Waals surface area contributed by atoms with Gasteiger partial charge in [-0.15, -0.1) is 0 Å². The van der Waals surface area contributed by atoms with E-state index >= 15 is 0 Å². The Bertz CT molecular complexity index is 419. The third-order valence-corrected chi connectivity index (χ3v) is 2.71. The first-order valence-electron chi connectivity index (χ1n) is 6.28. The van der Waals surface area contributed by atoms with E-state index in [2.05, 4.69) is 0 Å². The minimum absolute atomic E-state index is 0.0447. The molecule has 0 amide bonds. The van der Waals surface area contributed by atoms with Crippen molar-refractivity contribution >= 4 is 5.78 Å². The van der Waals surface area contributed by atoms with E-state index in [0.29, 0.717) is 11.3 Å². The van der Waals surface area contributed by atoms with Crippen LogP contribution in [0.5, 0.6) is 5.75 Å². The molecule has 1 aromatic rings. The van der Waals surface area contributed by atoms with Gasteiger partial charge in [0, 0.05) is 5.56 Å². The molecule has 1 atom stereocenters. The highest BCUT2D eigenvalue weighted by atomic mass is 16.5. The second-order valence-corrected chi connectivity index (χ2v) is 5.90. The van der Waals surface area contributed by atoms with Crippen LogP contribution in [0.15, 0.2) is 24.3 Å². The molecule has 0 fully saturated rings. The summed E-state index contributed by atoms with van der Waals surface area (Å²) in [5.74, 6) is 0.661. The number of nitrogens with two attached hydrogens (primary N) is 1. The molecule has 0 aliphatic carbocycles. The van der Waals surface area contributed by atoms with Crippen molar-refractivity contribution in [2.75, 3.05) is 0 Å². The number of hydrogen-bond acceptors (Lipinski definition) is 3. The standard InChI is InChI=1S/C15H23NO2/c1-10(2)18-12-8-6-7-11(9-12)13(17)14(16)15(3,4)5/h6-10,14H,16H2,1-5H3. The molecule has 100 valence electrons. The monoisotopic (exact) mass is 249 g/mol. The average Bonchev–Trinajstić information content (AvgIpc) is 2.25. The van der Waals surface area contributed by atoms with Gasteiger partial charge in [0.15, 0.2) is 5.78 Å². The van der Waals surface area contributed by atoms with E-state index in [9.17, 15) is 4.79 Å². The fourth-order valence-corrected chi connectivity index (χ4v) is 1.57. The largest absolute Gasteiger partial charge is 0.491 e. The summed E-state index contributed by atoms with van der Waals surface area (Å²) in [4.78, 5) is 12.2. The molecule has 0 spiro atoms. The summed E-state index contributed by atoms with van der Waals surface area (Å²) in [6.07, 6.45) is 0.0895. The van der Waals surface area contributed by atoms with Gasteiger partial charge in [-0.05, 0) is 31.4 Å². The van der Waals surface area contributed by atoms with Gasteiger partial charge in [-0.2, -0.15) is 0 Å². The van der Waals surface area contributed by atoms with Gasteiger partial charge in [0.05, 0.1) is 12.1 Å². The molecule has 2 N–H and O–H groups in total. The number of carbonyl (C=O) groups excluding carboxylic acids is 1. The second-order valence-electron chi connectivity index (χ2n) is 5.90. The Morgan fingerprint density at radius 1 is 1.28 bits per heavy atom. The first-order chi connectivity index (χ1) is 8.21. The van der Waals surface area contributed by atoms with Gasteiger partial charge in [-0.1, -0.05) is 32.9 Å². The molecule has 0 heterocycles. The SMILES string of the molecule is CC(C)Oc1cccc(C(=O)C(N)C(C)(C)C)c1. The first kappa shape index (κ1) is 14.7.